The Morgan fingerprint density at radius 3 is 2.05 bits per heavy atom. The fourth-order valence-electron chi connectivity index (χ4n) is 6.55. The van der Waals surface area contributed by atoms with Gasteiger partial charge in [0.15, 0.2) is 9.84 Å². The fourth-order valence-corrected chi connectivity index (χ4v) is 9.02. The molecule has 0 unspecified atom stereocenters. The maximum atomic E-state index is 14.9. The van der Waals surface area contributed by atoms with E-state index < -0.39 is 55.8 Å². The smallest absolute Gasteiger partial charge is 0.353 e. The van der Waals surface area contributed by atoms with E-state index in [2.05, 4.69) is 5.32 Å². The third-order valence-electron chi connectivity index (χ3n) is 8.77. The first-order valence-electron chi connectivity index (χ1n) is 12.8. The zero-order chi connectivity index (χ0) is 29.3. The molecule has 0 heterocycles. The summed E-state index contributed by atoms with van der Waals surface area (Å²) >= 11 is 0. The summed E-state index contributed by atoms with van der Waals surface area (Å²) in [7, 11) is -4.47. The standard InChI is InChI=1S/C27H25F8NO3S/c28-17-6-8-19(9-7-17)40(38,39)24-13-12-20(23(37)36-18-2-1-3-18)22(24)10-4-15-14-16(5-11-21(15)24)25(29,26(30,31)32)27(33,34)35/h5-9,11,14,18,20,22H,1-4,10,12-13H2,(H,36,37)/t20-,22+,24-/m1/s1. The van der Waals surface area contributed by atoms with Crippen LogP contribution in [0.5, 0.6) is 0 Å². The largest absolute Gasteiger partial charge is 0.435 e. The van der Waals surface area contributed by atoms with Crippen molar-refractivity contribution in [3.8, 4) is 0 Å². The molecule has 5 rings (SSSR count). The monoisotopic (exact) mass is 595 g/mol. The number of hydrogen-bond donors (Lipinski definition) is 1. The molecule has 0 aliphatic heterocycles. The molecular formula is C27H25F8NO3S. The molecule has 3 atom stereocenters. The number of nitrogens with one attached hydrogen (secondary N) is 1. The highest BCUT2D eigenvalue weighted by atomic mass is 32.2. The van der Waals surface area contributed by atoms with Gasteiger partial charge in [-0.3, -0.25) is 4.79 Å². The predicted octanol–water partition coefficient (Wildman–Crippen LogP) is 6.43. The summed E-state index contributed by atoms with van der Waals surface area (Å²) in [6.07, 6.45) is -10.4. The quantitative estimate of drug-likeness (QED) is 0.321. The predicted molar refractivity (Wildman–Crippen MR) is 127 cm³/mol. The van der Waals surface area contributed by atoms with Crippen molar-refractivity contribution in [1.29, 1.82) is 0 Å². The molecule has 0 saturated heterocycles. The molecule has 2 aromatic carbocycles. The highest BCUT2D eigenvalue weighted by molar-refractivity contribution is 7.92. The van der Waals surface area contributed by atoms with Crippen molar-refractivity contribution in [3.63, 3.8) is 0 Å². The Balaban J connectivity index is 1.66. The first-order valence-corrected chi connectivity index (χ1v) is 14.3. The SMILES string of the molecule is O=C(NC1CCC1)[C@@H]1CC[C@@]2(S(=O)(=O)c3ccc(F)cc3)c3ccc(C(F)(C(F)(F)F)C(F)(F)F)cc3CC[C@@H]12. The molecule has 2 saturated carbocycles. The van der Waals surface area contributed by atoms with Crippen molar-refractivity contribution in [3.05, 3.63) is 65.0 Å². The van der Waals surface area contributed by atoms with Crippen molar-refractivity contribution >= 4 is 15.7 Å². The van der Waals surface area contributed by atoms with E-state index in [1.165, 1.54) is 0 Å². The second kappa shape index (κ2) is 9.42. The maximum absolute atomic E-state index is 14.9. The highest BCUT2D eigenvalue weighted by Gasteiger charge is 2.74. The number of carbonyl (C=O) groups excluding carboxylic acids is 1. The van der Waals surface area contributed by atoms with E-state index in [-0.39, 0.29) is 53.7 Å². The minimum absolute atomic E-state index is 0.0444. The summed E-state index contributed by atoms with van der Waals surface area (Å²) in [5, 5.41) is 2.91. The van der Waals surface area contributed by atoms with E-state index in [4.69, 9.17) is 0 Å². The zero-order valence-corrected chi connectivity index (χ0v) is 21.7. The first kappa shape index (κ1) is 28.8. The average molecular weight is 596 g/mol. The van der Waals surface area contributed by atoms with Crippen LogP contribution in [-0.2, 0) is 31.5 Å². The molecule has 0 aromatic heterocycles. The van der Waals surface area contributed by atoms with Crippen molar-refractivity contribution in [1.82, 2.24) is 5.32 Å². The molecule has 0 radical (unpaired) electrons. The van der Waals surface area contributed by atoms with Gasteiger partial charge in [-0.2, -0.15) is 26.3 Å². The lowest BCUT2D eigenvalue weighted by Crippen LogP contribution is -2.51. The van der Waals surface area contributed by atoms with E-state index in [0.29, 0.717) is 12.1 Å². The molecule has 218 valence electrons. The number of benzene rings is 2. The molecule has 2 aromatic rings. The number of amides is 1. The Kier molecular flexibility index (Phi) is 6.79. The average Bonchev–Trinajstić information content (AvgIpc) is 3.26. The van der Waals surface area contributed by atoms with Crippen LogP contribution in [-0.4, -0.2) is 32.7 Å². The zero-order valence-electron chi connectivity index (χ0n) is 20.9. The Bertz CT molecular complexity index is 1400. The number of carbonyl (C=O) groups is 1. The molecular weight excluding hydrogens is 570 g/mol. The van der Waals surface area contributed by atoms with Gasteiger partial charge in [0, 0.05) is 17.5 Å². The van der Waals surface area contributed by atoms with Gasteiger partial charge >= 0.3 is 18.0 Å². The molecule has 3 aliphatic carbocycles. The van der Waals surface area contributed by atoms with Gasteiger partial charge in [-0.15, -0.1) is 0 Å². The van der Waals surface area contributed by atoms with Crippen LogP contribution in [0.2, 0.25) is 0 Å². The van der Waals surface area contributed by atoms with Gasteiger partial charge in [-0.1, -0.05) is 18.2 Å². The summed E-state index contributed by atoms with van der Waals surface area (Å²) < 4.78 is 136. The van der Waals surface area contributed by atoms with E-state index in [0.717, 1.165) is 49.6 Å². The molecule has 2 fully saturated rings. The molecule has 0 spiro atoms. The van der Waals surface area contributed by atoms with Crippen LogP contribution in [0.1, 0.15) is 55.2 Å². The number of alkyl halides is 7. The van der Waals surface area contributed by atoms with Crippen molar-refractivity contribution in [2.45, 2.75) is 78.7 Å². The van der Waals surface area contributed by atoms with Gasteiger partial charge in [0.1, 0.15) is 10.6 Å². The van der Waals surface area contributed by atoms with Gasteiger partial charge in [-0.05, 0) is 86.3 Å². The van der Waals surface area contributed by atoms with Crippen molar-refractivity contribution in [2.24, 2.45) is 11.8 Å². The molecule has 3 aliphatic rings. The summed E-state index contributed by atoms with van der Waals surface area (Å²) in [4.78, 5) is 12.9. The van der Waals surface area contributed by atoms with Crippen LogP contribution < -0.4 is 5.32 Å². The van der Waals surface area contributed by atoms with Gasteiger partial charge in [-0.25, -0.2) is 17.2 Å². The van der Waals surface area contributed by atoms with Gasteiger partial charge < -0.3 is 5.32 Å². The van der Waals surface area contributed by atoms with E-state index in [1.807, 2.05) is 0 Å². The molecule has 40 heavy (non-hydrogen) atoms. The molecule has 13 heteroatoms. The van der Waals surface area contributed by atoms with Crippen molar-refractivity contribution in [2.75, 3.05) is 0 Å². The van der Waals surface area contributed by atoms with Gasteiger partial charge in [0.05, 0.1) is 4.90 Å². The Hall–Kier alpha value is -2.70. The number of halogens is 8. The molecule has 1 amide bonds. The van der Waals surface area contributed by atoms with Crippen LogP contribution in [0.4, 0.5) is 35.1 Å². The second-order valence-electron chi connectivity index (χ2n) is 10.8. The summed E-state index contributed by atoms with van der Waals surface area (Å²) in [5.41, 5.74) is -7.61. The van der Waals surface area contributed by atoms with E-state index >= 15 is 0 Å². The van der Waals surface area contributed by atoms with Gasteiger partial charge in [0.2, 0.25) is 5.91 Å². The summed E-state index contributed by atoms with van der Waals surface area (Å²) in [5.74, 6) is -2.72. The molecule has 1 N–H and O–H groups in total. The second-order valence-corrected chi connectivity index (χ2v) is 13.0. The summed E-state index contributed by atoms with van der Waals surface area (Å²) in [6, 6.07) is 5.44. The van der Waals surface area contributed by atoms with Crippen LogP contribution in [0, 0.1) is 17.7 Å². The van der Waals surface area contributed by atoms with E-state index in [9.17, 15) is 48.3 Å². The van der Waals surface area contributed by atoms with E-state index in [1.54, 1.807) is 0 Å². The third-order valence-corrected chi connectivity index (χ3v) is 11.3. The lowest BCUT2D eigenvalue weighted by atomic mass is 9.72. The van der Waals surface area contributed by atoms with Gasteiger partial charge in [0.25, 0.3) is 0 Å². The Morgan fingerprint density at radius 1 is 0.875 bits per heavy atom. The normalized spacial score (nSPS) is 25.6. The third kappa shape index (κ3) is 4.13. The number of sulfone groups is 1. The molecule has 4 nitrogen and oxygen atoms in total. The van der Waals surface area contributed by atoms with Crippen LogP contribution in [0.25, 0.3) is 0 Å². The number of rotatable bonds is 5. The topological polar surface area (TPSA) is 63.2 Å². The lowest BCUT2D eigenvalue weighted by molar-refractivity contribution is -0.348. The minimum Gasteiger partial charge on any atom is -0.353 e. The summed E-state index contributed by atoms with van der Waals surface area (Å²) in [6.45, 7) is 0. The first-order chi connectivity index (χ1) is 18.5. The van der Waals surface area contributed by atoms with Crippen LogP contribution in [0.3, 0.4) is 0 Å². The Labute approximate surface area is 225 Å². The number of hydrogen-bond acceptors (Lipinski definition) is 3. The van der Waals surface area contributed by atoms with Crippen LogP contribution in [0.15, 0.2) is 47.4 Å². The Morgan fingerprint density at radius 2 is 1.50 bits per heavy atom. The minimum atomic E-state index is -6.33. The maximum Gasteiger partial charge on any atom is 0.435 e. The molecule has 0 bridgehead atoms. The number of aryl methyl sites for hydroxylation is 1. The highest BCUT2D eigenvalue weighted by Crippen LogP contribution is 2.60. The van der Waals surface area contributed by atoms with Crippen molar-refractivity contribution < 1.29 is 48.3 Å². The lowest BCUT2D eigenvalue weighted by Gasteiger charge is -2.43. The van der Waals surface area contributed by atoms with Crippen LogP contribution >= 0.6 is 0 Å². The fraction of sp³-hybridized carbons (Fsp3) is 0.519. The number of fused-ring (bicyclic) bond motifs is 3.